The third-order valence-corrected chi connectivity index (χ3v) is 5.54. The lowest BCUT2D eigenvalue weighted by Crippen LogP contribution is -2.29. The van der Waals surface area contributed by atoms with Crippen LogP contribution in [0.5, 0.6) is 17.2 Å². The molecule has 0 saturated heterocycles. The first kappa shape index (κ1) is 20.4. The Bertz CT molecular complexity index is 1010. The van der Waals surface area contributed by atoms with E-state index in [1.165, 1.54) is 24.1 Å². The van der Waals surface area contributed by atoms with E-state index in [-0.39, 0.29) is 22.4 Å². The zero-order valence-corrected chi connectivity index (χ0v) is 16.6. The van der Waals surface area contributed by atoms with Gasteiger partial charge in [0.15, 0.2) is 11.5 Å². The maximum absolute atomic E-state index is 11.3. The second-order valence-corrected chi connectivity index (χ2v) is 7.77. The number of aromatic hydroxyl groups is 3. The molecule has 0 spiro atoms. The highest BCUT2D eigenvalue weighted by atomic mass is 32.2. The molecule has 0 aliphatic rings. The molecule has 7 N–H and O–H groups in total. The van der Waals surface area contributed by atoms with Crippen molar-refractivity contribution in [2.45, 2.75) is 23.8 Å². The number of benzene rings is 2. The Kier molecular flexibility index (Phi) is 6.40. The summed E-state index contributed by atoms with van der Waals surface area (Å²) in [7, 11) is 0. The summed E-state index contributed by atoms with van der Waals surface area (Å²) in [6.07, 6.45) is 2.76. The number of hydrogen-bond acceptors (Lipinski definition) is 7. The summed E-state index contributed by atoms with van der Waals surface area (Å²) in [6.45, 7) is 0.610. The number of thiol groups is 1. The molecule has 148 valence electrons. The molecule has 7 nitrogen and oxygen atoms in total. The van der Waals surface area contributed by atoms with Crippen molar-refractivity contribution in [3.05, 3.63) is 47.7 Å². The molecular formula is C19H21N3O4S2. The normalized spacial score (nSPS) is 12.4. The Morgan fingerprint density at radius 2 is 2.00 bits per heavy atom. The fourth-order valence-corrected chi connectivity index (χ4v) is 3.76. The van der Waals surface area contributed by atoms with Crippen LogP contribution in [-0.4, -0.2) is 38.0 Å². The fraction of sp³-hybridized carbons (Fsp3) is 0.211. The van der Waals surface area contributed by atoms with Crippen molar-refractivity contribution in [2.24, 2.45) is 5.73 Å². The van der Waals surface area contributed by atoms with Gasteiger partial charge in [0.25, 0.3) is 0 Å². The zero-order valence-electron chi connectivity index (χ0n) is 14.8. The molecule has 9 heteroatoms. The van der Waals surface area contributed by atoms with Crippen molar-refractivity contribution in [3.8, 4) is 17.2 Å². The number of rotatable bonds is 8. The van der Waals surface area contributed by atoms with Crippen LogP contribution in [0.2, 0.25) is 0 Å². The van der Waals surface area contributed by atoms with Gasteiger partial charge in [-0.15, -0.1) is 12.6 Å². The molecule has 0 aliphatic carbocycles. The van der Waals surface area contributed by atoms with Gasteiger partial charge in [0.05, 0.1) is 16.5 Å². The van der Waals surface area contributed by atoms with Crippen LogP contribution in [0.4, 0.5) is 0 Å². The Labute approximate surface area is 171 Å². The molecular weight excluding hydrogens is 398 g/mol. The lowest BCUT2D eigenvalue weighted by molar-refractivity contribution is -0.111. The minimum Gasteiger partial charge on any atom is -0.508 e. The first-order chi connectivity index (χ1) is 13.3. The highest BCUT2D eigenvalue weighted by Crippen LogP contribution is 2.32. The molecule has 0 bridgehead atoms. The van der Waals surface area contributed by atoms with Crippen molar-refractivity contribution in [3.63, 3.8) is 0 Å². The summed E-state index contributed by atoms with van der Waals surface area (Å²) in [5.41, 5.74) is 8.36. The Hall–Kier alpha value is -2.33. The maximum Gasteiger partial charge on any atom is 0.202 e. The molecule has 0 amide bonds. The molecule has 1 atom stereocenters. The second kappa shape index (κ2) is 8.78. The van der Waals surface area contributed by atoms with Crippen LogP contribution in [0.3, 0.4) is 0 Å². The van der Waals surface area contributed by atoms with Crippen LogP contribution in [-0.2, 0) is 17.6 Å². The standard InChI is InChI=1S/C19H21N3O4S2/c20-14(19(26)27)6-11-9-21-18-13(11)7-12(23)8-17(18)28-22-4-3-10-1-2-15(24)16(25)5-10/h1-2,5,7-9,14,21-25H,3-4,6,20H2,(H,26,27). The summed E-state index contributed by atoms with van der Waals surface area (Å²) < 4.78 is 3.22. The number of aromatic amines is 1. The molecule has 3 aromatic rings. The van der Waals surface area contributed by atoms with E-state index < -0.39 is 6.04 Å². The SMILES string of the molecule is NC(Cc1c[nH]c2c(SNCCc3ccc(O)c(O)c3)cc(O)cc12)C(=O)S. The highest BCUT2D eigenvalue weighted by molar-refractivity contribution is 7.97. The molecule has 0 aliphatic heterocycles. The minimum atomic E-state index is -0.708. The third kappa shape index (κ3) is 4.74. The van der Waals surface area contributed by atoms with Gasteiger partial charge >= 0.3 is 0 Å². The summed E-state index contributed by atoms with van der Waals surface area (Å²) in [5, 5.41) is 29.4. The van der Waals surface area contributed by atoms with E-state index >= 15 is 0 Å². The molecule has 1 aromatic heterocycles. The summed E-state index contributed by atoms with van der Waals surface area (Å²) in [4.78, 5) is 15.3. The van der Waals surface area contributed by atoms with Crippen molar-refractivity contribution in [1.29, 1.82) is 0 Å². The smallest absolute Gasteiger partial charge is 0.202 e. The number of carbonyl (C=O) groups excluding carboxylic acids is 1. The van der Waals surface area contributed by atoms with Crippen LogP contribution in [0, 0.1) is 0 Å². The largest absolute Gasteiger partial charge is 0.508 e. The zero-order chi connectivity index (χ0) is 20.3. The average molecular weight is 420 g/mol. The van der Waals surface area contributed by atoms with Crippen LogP contribution in [0.15, 0.2) is 41.4 Å². The average Bonchev–Trinajstić information content (AvgIpc) is 3.04. The topological polar surface area (TPSA) is 132 Å². The van der Waals surface area contributed by atoms with Crippen molar-refractivity contribution >= 4 is 40.6 Å². The van der Waals surface area contributed by atoms with Crippen LogP contribution in [0.25, 0.3) is 10.9 Å². The van der Waals surface area contributed by atoms with Gasteiger partial charge in [0.1, 0.15) is 5.75 Å². The lowest BCUT2D eigenvalue weighted by atomic mass is 10.1. The summed E-state index contributed by atoms with van der Waals surface area (Å²) in [6, 6.07) is 7.31. The number of hydrogen-bond donors (Lipinski definition) is 7. The number of fused-ring (bicyclic) bond motifs is 1. The number of phenolic OH excluding ortho intramolecular Hbond substituents is 3. The number of nitrogens with two attached hydrogens (primary N) is 1. The van der Waals surface area contributed by atoms with Crippen LogP contribution < -0.4 is 10.5 Å². The molecule has 2 aromatic carbocycles. The van der Waals surface area contributed by atoms with Crippen molar-refractivity contribution < 1.29 is 20.1 Å². The minimum absolute atomic E-state index is 0.117. The molecule has 1 unspecified atom stereocenters. The third-order valence-electron chi connectivity index (χ3n) is 4.32. The quantitative estimate of drug-likeness (QED) is 0.129. The number of phenols is 3. The Morgan fingerprint density at radius 1 is 1.21 bits per heavy atom. The second-order valence-electron chi connectivity index (χ2n) is 6.40. The predicted molar refractivity (Wildman–Crippen MR) is 113 cm³/mol. The highest BCUT2D eigenvalue weighted by Gasteiger charge is 2.15. The lowest BCUT2D eigenvalue weighted by Gasteiger charge is -2.09. The monoisotopic (exact) mass is 419 g/mol. The molecule has 0 radical (unpaired) electrons. The molecule has 1 heterocycles. The first-order valence-electron chi connectivity index (χ1n) is 8.57. The maximum atomic E-state index is 11.3. The van der Waals surface area contributed by atoms with Crippen molar-refractivity contribution in [1.82, 2.24) is 9.71 Å². The van der Waals surface area contributed by atoms with Crippen LogP contribution >= 0.6 is 24.6 Å². The van der Waals surface area contributed by atoms with E-state index in [9.17, 15) is 20.1 Å². The van der Waals surface area contributed by atoms with E-state index in [2.05, 4.69) is 22.3 Å². The fourth-order valence-electron chi connectivity index (χ4n) is 2.86. The molecule has 3 rings (SSSR count). The van der Waals surface area contributed by atoms with E-state index in [0.29, 0.717) is 19.4 Å². The van der Waals surface area contributed by atoms with E-state index in [1.807, 2.05) is 0 Å². The van der Waals surface area contributed by atoms with Crippen molar-refractivity contribution in [2.75, 3.05) is 6.54 Å². The summed E-state index contributed by atoms with van der Waals surface area (Å²) in [5.74, 6) is -0.168. The predicted octanol–water partition coefficient (Wildman–Crippen LogP) is 2.45. The van der Waals surface area contributed by atoms with E-state index in [1.54, 1.807) is 24.4 Å². The Morgan fingerprint density at radius 3 is 2.71 bits per heavy atom. The van der Waals surface area contributed by atoms with E-state index in [4.69, 9.17) is 5.73 Å². The van der Waals surface area contributed by atoms with Gasteiger partial charge in [0, 0.05) is 18.1 Å². The molecule has 0 saturated carbocycles. The van der Waals surface area contributed by atoms with Gasteiger partial charge in [-0.25, -0.2) is 0 Å². The van der Waals surface area contributed by atoms with E-state index in [0.717, 1.165) is 26.9 Å². The van der Waals surface area contributed by atoms with Gasteiger partial charge in [0.2, 0.25) is 5.12 Å². The summed E-state index contributed by atoms with van der Waals surface area (Å²) >= 11 is 5.13. The van der Waals surface area contributed by atoms with Gasteiger partial charge in [-0.05, 0) is 60.2 Å². The number of aromatic nitrogens is 1. The van der Waals surface area contributed by atoms with Gasteiger partial charge in [-0.2, -0.15) is 0 Å². The Balaban J connectivity index is 1.68. The first-order valence-corrected chi connectivity index (χ1v) is 9.83. The van der Waals surface area contributed by atoms with Gasteiger partial charge in [-0.3, -0.25) is 9.52 Å². The molecule has 0 fully saturated rings. The van der Waals surface area contributed by atoms with Gasteiger partial charge in [-0.1, -0.05) is 6.07 Å². The molecule has 28 heavy (non-hydrogen) atoms. The number of carbonyl (C=O) groups is 1. The number of nitrogens with one attached hydrogen (secondary N) is 2. The van der Waals surface area contributed by atoms with Gasteiger partial charge < -0.3 is 26.0 Å². The van der Waals surface area contributed by atoms with Crippen LogP contribution in [0.1, 0.15) is 11.1 Å². The number of H-pyrrole nitrogens is 1.